The fraction of sp³-hybridized carbons (Fsp3) is 0.359. The maximum absolute atomic E-state index is 15.1. The Hall–Kier alpha value is -3.33. The summed E-state index contributed by atoms with van der Waals surface area (Å²) in [7, 11) is -0.0126. The first-order valence-corrected chi connectivity index (χ1v) is 19.9. The van der Waals surface area contributed by atoms with Crippen molar-refractivity contribution in [2.24, 2.45) is 0 Å². The first kappa shape index (κ1) is 38.9. The number of carbonyl (C=O) groups is 2. The van der Waals surface area contributed by atoms with E-state index >= 15 is 4.39 Å². The number of esters is 1. The third kappa shape index (κ3) is 9.01. The number of amides is 1. The first-order chi connectivity index (χ1) is 24.4. The van der Waals surface area contributed by atoms with E-state index in [0.29, 0.717) is 66.4 Å². The van der Waals surface area contributed by atoms with Gasteiger partial charge in [0.15, 0.2) is 0 Å². The predicted molar refractivity (Wildman–Crippen MR) is 205 cm³/mol. The third-order valence-electron chi connectivity index (χ3n) is 9.72. The van der Waals surface area contributed by atoms with Crippen molar-refractivity contribution in [3.63, 3.8) is 0 Å². The van der Waals surface area contributed by atoms with E-state index in [1.807, 2.05) is 37.3 Å². The Bertz CT molecular complexity index is 2010. The molecule has 12 heteroatoms. The van der Waals surface area contributed by atoms with Crippen LogP contribution in [0.1, 0.15) is 70.6 Å². The molecule has 0 radical (unpaired) electrons. The Morgan fingerprint density at radius 3 is 2.49 bits per heavy atom. The summed E-state index contributed by atoms with van der Waals surface area (Å²) in [6.45, 7) is 3.98. The minimum atomic E-state index is -1.30. The van der Waals surface area contributed by atoms with Crippen LogP contribution in [-0.4, -0.2) is 72.0 Å². The minimum Gasteiger partial charge on any atom is -0.468 e. The summed E-state index contributed by atoms with van der Waals surface area (Å²) in [6, 6.07) is 20.1. The van der Waals surface area contributed by atoms with Crippen LogP contribution in [0.25, 0.3) is 10.8 Å². The van der Waals surface area contributed by atoms with Gasteiger partial charge >= 0.3 is 5.97 Å². The van der Waals surface area contributed by atoms with Crippen molar-refractivity contribution in [3.05, 3.63) is 109 Å². The van der Waals surface area contributed by atoms with Crippen molar-refractivity contribution in [2.75, 3.05) is 46.1 Å². The molecule has 2 atom stereocenters. The second-order valence-electron chi connectivity index (χ2n) is 12.8. The molecule has 51 heavy (non-hydrogen) atoms. The molecule has 268 valence electrons. The van der Waals surface area contributed by atoms with E-state index in [1.54, 1.807) is 24.3 Å². The number of methoxy groups -OCH3 is 1. The van der Waals surface area contributed by atoms with E-state index in [0.717, 1.165) is 36.9 Å². The van der Waals surface area contributed by atoms with E-state index in [9.17, 15) is 19.1 Å². The molecule has 0 aliphatic carbocycles. The molecular formula is C39H39BrCl2FN3O4S. The smallest absolute Gasteiger partial charge is 0.325 e. The number of halogens is 4. The normalized spacial score (nSPS) is 14.9. The van der Waals surface area contributed by atoms with Gasteiger partial charge in [0.1, 0.15) is 12.4 Å². The van der Waals surface area contributed by atoms with E-state index in [1.165, 1.54) is 24.3 Å². The van der Waals surface area contributed by atoms with E-state index in [-0.39, 0.29) is 36.6 Å². The van der Waals surface area contributed by atoms with Crippen molar-refractivity contribution in [1.82, 2.24) is 9.80 Å². The number of nitrogens with zero attached hydrogens (tertiary/aromatic N) is 3. The highest BCUT2D eigenvalue weighted by atomic mass is 79.9. The van der Waals surface area contributed by atoms with E-state index in [2.05, 4.69) is 26.9 Å². The van der Waals surface area contributed by atoms with Crippen LogP contribution in [0.3, 0.4) is 0 Å². The number of carbonyl (C=O) groups excluding carboxylic acids is 2. The molecule has 0 spiro atoms. The van der Waals surface area contributed by atoms with Gasteiger partial charge in [0.2, 0.25) is 0 Å². The molecule has 0 N–H and O–H groups in total. The Labute approximate surface area is 319 Å². The van der Waals surface area contributed by atoms with Gasteiger partial charge in [-0.1, -0.05) is 60.5 Å². The van der Waals surface area contributed by atoms with Gasteiger partial charge in [-0.2, -0.15) is 5.26 Å². The lowest BCUT2D eigenvalue weighted by Crippen LogP contribution is -2.41. The number of likely N-dealkylation sites (tertiary alicyclic amines) is 1. The second kappa shape index (κ2) is 17.5. The van der Waals surface area contributed by atoms with E-state index < -0.39 is 16.8 Å². The van der Waals surface area contributed by atoms with Crippen molar-refractivity contribution in [3.8, 4) is 6.07 Å². The summed E-state index contributed by atoms with van der Waals surface area (Å²) < 4.78 is 32.8. The quantitative estimate of drug-likeness (QED) is 0.133. The summed E-state index contributed by atoms with van der Waals surface area (Å²) in [5.41, 5.74) is 2.95. The van der Waals surface area contributed by atoms with Crippen molar-refractivity contribution >= 4 is 72.6 Å². The van der Waals surface area contributed by atoms with Gasteiger partial charge in [0.05, 0.1) is 50.0 Å². The van der Waals surface area contributed by atoms with Crippen LogP contribution in [-0.2, 0) is 26.8 Å². The maximum Gasteiger partial charge on any atom is 0.325 e. The number of hydrogen-bond acceptors (Lipinski definition) is 6. The molecule has 1 aliphatic heterocycles. The average Bonchev–Trinajstić information content (AvgIpc) is 3.13. The molecule has 4 aromatic carbocycles. The molecule has 1 amide bonds. The Morgan fingerprint density at radius 1 is 1.12 bits per heavy atom. The Morgan fingerprint density at radius 2 is 1.84 bits per heavy atom. The topological polar surface area (TPSA) is 90.7 Å². The minimum absolute atomic E-state index is 0.0303. The molecule has 1 fully saturated rings. The number of piperidine rings is 1. The highest BCUT2D eigenvalue weighted by molar-refractivity contribution is 9.10. The third-order valence-corrected chi connectivity index (χ3v) is 12.3. The Balaban J connectivity index is 1.41. The highest BCUT2D eigenvalue weighted by Crippen LogP contribution is 2.36. The molecule has 1 heterocycles. The SMILES string of the molecule is CCc1c(C#N)cc2ccccc2c1C(=O)N(CC(=O)OC)CC(CCN1CCC(c2cc(Br)c(S(C)=O)cc2F)CC1)c1ccc(Cl)c(Cl)c1. The highest BCUT2D eigenvalue weighted by Gasteiger charge is 2.30. The summed E-state index contributed by atoms with van der Waals surface area (Å²) in [4.78, 5) is 31.7. The zero-order chi connectivity index (χ0) is 36.8. The molecule has 2 unspecified atom stereocenters. The number of nitriles is 1. The monoisotopic (exact) mass is 813 g/mol. The largest absolute Gasteiger partial charge is 0.468 e. The van der Waals surface area contributed by atoms with Crippen LogP contribution < -0.4 is 0 Å². The molecular weight excluding hydrogens is 776 g/mol. The van der Waals surface area contributed by atoms with Crippen LogP contribution in [0.15, 0.2) is 70.0 Å². The standard InChI is InChI=1S/C39H39BrCl2FN3O4S/c1-4-29-28(21-44)17-26-7-5-6-8-30(26)38(29)39(48)46(23-37(47)50-2)22-27(25-9-10-33(41)34(42)18-25)13-16-45-14-11-24(12-15-45)31-19-32(40)36(51(3)49)20-35(31)43/h5-10,17-20,24,27H,4,11-16,22-23H2,1-3H3. The molecule has 7 nitrogen and oxygen atoms in total. The molecule has 0 aromatic heterocycles. The average molecular weight is 816 g/mol. The molecule has 0 saturated carbocycles. The number of hydrogen-bond donors (Lipinski definition) is 0. The molecule has 5 rings (SSSR count). The lowest BCUT2D eigenvalue weighted by atomic mass is 9.88. The second-order valence-corrected chi connectivity index (χ2v) is 15.8. The summed E-state index contributed by atoms with van der Waals surface area (Å²) in [6.07, 6.45) is 4.12. The van der Waals surface area contributed by atoms with Crippen LogP contribution in [0.2, 0.25) is 10.0 Å². The molecule has 4 aromatic rings. The van der Waals surface area contributed by atoms with Crippen molar-refractivity contribution in [2.45, 2.75) is 49.3 Å². The van der Waals surface area contributed by atoms with Gasteiger partial charge in [-0.15, -0.1) is 0 Å². The van der Waals surface area contributed by atoms with Crippen LogP contribution in [0.5, 0.6) is 0 Å². The number of benzene rings is 4. The zero-order valence-electron chi connectivity index (χ0n) is 28.7. The summed E-state index contributed by atoms with van der Waals surface area (Å²) in [5, 5.41) is 12.3. The number of rotatable bonds is 12. The van der Waals surface area contributed by atoms with Gasteiger partial charge in [-0.25, -0.2) is 4.39 Å². The zero-order valence-corrected chi connectivity index (χ0v) is 32.6. The molecule has 1 saturated heterocycles. The van der Waals surface area contributed by atoms with Gasteiger partial charge in [-0.3, -0.25) is 13.8 Å². The lowest BCUT2D eigenvalue weighted by molar-refractivity contribution is -0.141. The van der Waals surface area contributed by atoms with Crippen LogP contribution in [0, 0.1) is 17.1 Å². The first-order valence-electron chi connectivity index (χ1n) is 16.8. The Kier molecular flexibility index (Phi) is 13.3. The molecule has 1 aliphatic rings. The van der Waals surface area contributed by atoms with Gasteiger partial charge < -0.3 is 14.5 Å². The fourth-order valence-corrected chi connectivity index (χ4v) is 8.93. The van der Waals surface area contributed by atoms with Gasteiger partial charge in [0, 0.05) is 23.2 Å². The van der Waals surface area contributed by atoms with Crippen LogP contribution >= 0.6 is 39.1 Å². The number of ether oxygens (including phenoxy) is 1. The summed E-state index contributed by atoms with van der Waals surface area (Å²) in [5.74, 6) is -1.46. The number of fused-ring (bicyclic) bond motifs is 1. The van der Waals surface area contributed by atoms with Gasteiger partial charge in [0.25, 0.3) is 5.91 Å². The fourth-order valence-electron chi connectivity index (χ4n) is 6.98. The molecule has 0 bridgehead atoms. The lowest BCUT2D eigenvalue weighted by Gasteiger charge is -2.34. The van der Waals surface area contributed by atoms with Crippen LogP contribution in [0.4, 0.5) is 4.39 Å². The van der Waals surface area contributed by atoms with E-state index in [4.69, 9.17) is 27.9 Å². The maximum atomic E-state index is 15.1. The summed E-state index contributed by atoms with van der Waals surface area (Å²) >= 11 is 16.3. The van der Waals surface area contributed by atoms with Crippen molar-refractivity contribution in [1.29, 1.82) is 5.26 Å². The van der Waals surface area contributed by atoms with Crippen molar-refractivity contribution < 1.29 is 22.9 Å². The van der Waals surface area contributed by atoms with Gasteiger partial charge in [-0.05, 0) is 125 Å². The predicted octanol–water partition coefficient (Wildman–Crippen LogP) is 8.89.